The summed E-state index contributed by atoms with van der Waals surface area (Å²) in [7, 11) is 1.28. The SMILES string of the molecule is COC(=O)C[S+]([O-])c1ccccc1-c1nc2cnccc2[nH]1. The molecule has 1 atom stereocenters. The van der Waals surface area contributed by atoms with Crippen LogP contribution in [-0.4, -0.2) is 38.3 Å². The van der Waals surface area contributed by atoms with Crippen molar-refractivity contribution in [3.8, 4) is 11.4 Å². The fourth-order valence-electron chi connectivity index (χ4n) is 2.09. The molecule has 7 heteroatoms. The van der Waals surface area contributed by atoms with Gasteiger partial charge >= 0.3 is 5.97 Å². The minimum absolute atomic E-state index is 0.185. The lowest BCUT2D eigenvalue weighted by atomic mass is 10.2. The smallest absolute Gasteiger partial charge is 0.356 e. The number of nitrogens with zero attached hydrogens (tertiary/aromatic N) is 2. The Labute approximate surface area is 129 Å². The number of aromatic amines is 1. The molecular formula is C15H13N3O3S. The number of esters is 1. The van der Waals surface area contributed by atoms with Crippen LogP contribution in [0.4, 0.5) is 0 Å². The van der Waals surface area contributed by atoms with E-state index in [1.807, 2.05) is 18.2 Å². The van der Waals surface area contributed by atoms with E-state index in [1.54, 1.807) is 24.5 Å². The highest BCUT2D eigenvalue weighted by atomic mass is 32.2. The maximum atomic E-state index is 12.4. The molecule has 0 aliphatic heterocycles. The van der Waals surface area contributed by atoms with Crippen LogP contribution in [-0.2, 0) is 20.7 Å². The predicted molar refractivity (Wildman–Crippen MR) is 82.6 cm³/mol. The van der Waals surface area contributed by atoms with Gasteiger partial charge in [0.1, 0.15) is 11.3 Å². The number of pyridine rings is 1. The van der Waals surface area contributed by atoms with E-state index in [-0.39, 0.29) is 5.75 Å². The topological polar surface area (TPSA) is 90.9 Å². The zero-order chi connectivity index (χ0) is 15.5. The number of imidazole rings is 1. The van der Waals surface area contributed by atoms with Crippen molar-refractivity contribution in [1.82, 2.24) is 15.0 Å². The van der Waals surface area contributed by atoms with Gasteiger partial charge in [0.05, 0.1) is 24.4 Å². The molecule has 0 fully saturated rings. The molecule has 3 rings (SSSR count). The fourth-order valence-corrected chi connectivity index (χ4v) is 3.22. The molecule has 3 aromatic rings. The van der Waals surface area contributed by atoms with E-state index in [2.05, 4.69) is 19.7 Å². The van der Waals surface area contributed by atoms with E-state index in [0.717, 1.165) is 11.0 Å². The predicted octanol–water partition coefficient (Wildman–Crippen LogP) is 1.91. The Balaban J connectivity index is 2.02. The lowest BCUT2D eigenvalue weighted by Gasteiger charge is -2.11. The molecule has 0 bridgehead atoms. The van der Waals surface area contributed by atoms with Gasteiger partial charge in [-0.2, -0.15) is 0 Å². The summed E-state index contributed by atoms with van der Waals surface area (Å²) >= 11 is -1.50. The van der Waals surface area contributed by atoms with Gasteiger partial charge in [0.25, 0.3) is 0 Å². The first-order chi connectivity index (χ1) is 10.7. The van der Waals surface area contributed by atoms with Crippen LogP contribution in [0.2, 0.25) is 0 Å². The van der Waals surface area contributed by atoms with Crippen molar-refractivity contribution >= 4 is 28.2 Å². The number of methoxy groups -OCH3 is 1. The minimum atomic E-state index is -1.50. The lowest BCUT2D eigenvalue weighted by molar-refractivity contribution is -0.137. The number of aromatic nitrogens is 3. The van der Waals surface area contributed by atoms with Crippen molar-refractivity contribution < 1.29 is 14.1 Å². The Kier molecular flexibility index (Phi) is 4.08. The number of benzene rings is 1. The molecule has 0 radical (unpaired) electrons. The lowest BCUT2D eigenvalue weighted by Crippen LogP contribution is -2.18. The highest BCUT2D eigenvalue weighted by Crippen LogP contribution is 2.27. The summed E-state index contributed by atoms with van der Waals surface area (Å²) in [6, 6.07) is 8.97. The molecule has 2 heterocycles. The van der Waals surface area contributed by atoms with E-state index in [9.17, 15) is 9.35 Å². The van der Waals surface area contributed by atoms with E-state index in [1.165, 1.54) is 7.11 Å². The van der Waals surface area contributed by atoms with Gasteiger partial charge < -0.3 is 14.3 Å². The number of nitrogens with one attached hydrogen (secondary N) is 1. The molecule has 0 aliphatic carbocycles. The first-order valence-electron chi connectivity index (χ1n) is 6.53. The molecule has 6 nitrogen and oxygen atoms in total. The summed E-state index contributed by atoms with van der Waals surface area (Å²) in [6.45, 7) is 0. The van der Waals surface area contributed by atoms with Crippen molar-refractivity contribution in [2.45, 2.75) is 4.90 Å². The second kappa shape index (κ2) is 6.17. The summed E-state index contributed by atoms with van der Waals surface area (Å²) in [6.07, 6.45) is 3.33. The standard InChI is InChI=1S/C15H13N3O3S/c1-21-14(19)9-22(20)13-5-3-2-4-10(13)15-17-11-6-7-16-8-12(11)18-15/h2-8H,9H2,1H3,(H,17,18). The van der Waals surface area contributed by atoms with Crippen LogP contribution in [0.5, 0.6) is 0 Å². The van der Waals surface area contributed by atoms with Crippen LogP contribution < -0.4 is 0 Å². The van der Waals surface area contributed by atoms with Crippen molar-refractivity contribution in [1.29, 1.82) is 0 Å². The van der Waals surface area contributed by atoms with Gasteiger partial charge in [-0.1, -0.05) is 12.1 Å². The summed E-state index contributed by atoms with van der Waals surface area (Å²) in [5.74, 6) is -0.103. The van der Waals surface area contributed by atoms with Crippen molar-refractivity contribution in [3.05, 3.63) is 42.7 Å². The second-order valence-corrected chi connectivity index (χ2v) is 5.96. The number of rotatable bonds is 4. The summed E-state index contributed by atoms with van der Waals surface area (Å²) in [4.78, 5) is 23.5. The van der Waals surface area contributed by atoms with Crippen molar-refractivity contribution in [3.63, 3.8) is 0 Å². The number of carbonyl (C=O) groups is 1. The molecule has 22 heavy (non-hydrogen) atoms. The maximum Gasteiger partial charge on any atom is 0.356 e. The van der Waals surface area contributed by atoms with E-state index >= 15 is 0 Å². The largest absolute Gasteiger partial charge is 0.611 e. The van der Waals surface area contributed by atoms with E-state index in [4.69, 9.17) is 0 Å². The first-order valence-corrected chi connectivity index (χ1v) is 7.85. The number of fused-ring (bicyclic) bond motifs is 1. The molecule has 1 unspecified atom stereocenters. The van der Waals surface area contributed by atoms with Crippen molar-refractivity contribution in [2.24, 2.45) is 0 Å². The average molecular weight is 315 g/mol. The molecule has 0 saturated carbocycles. The van der Waals surface area contributed by atoms with Gasteiger partial charge in [0.2, 0.25) is 5.75 Å². The zero-order valence-electron chi connectivity index (χ0n) is 11.8. The van der Waals surface area contributed by atoms with Gasteiger partial charge in [-0.25, -0.2) is 9.78 Å². The highest BCUT2D eigenvalue weighted by Gasteiger charge is 2.22. The van der Waals surface area contributed by atoms with Crippen LogP contribution in [0.25, 0.3) is 22.4 Å². The number of hydrogen-bond donors (Lipinski definition) is 1. The quantitative estimate of drug-likeness (QED) is 0.586. The Morgan fingerprint density at radius 3 is 2.95 bits per heavy atom. The van der Waals surface area contributed by atoms with Gasteiger partial charge in [0.15, 0.2) is 4.90 Å². The highest BCUT2D eigenvalue weighted by molar-refractivity contribution is 7.92. The summed E-state index contributed by atoms with van der Waals surface area (Å²) in [5.41, 5.74) is 2.27. The third kappa shape index (κ3) is 2.81. The molecule has 2 aromatic heterocycles. The van der Waals surface area contributed by atoms with Gasteiger partial charge in [-0.05, 0) is 29.4 Å². The first kappa shape index (κ1) is 14.6. The van der Waals surface area contributed by atoms with Crippen LogP contribution in [0.1, 0.15) is 0 Å². The van der Waals surface area contributed by atoms with Crippen LogP contribution in [0.15, 0.2) is 47.6 Å². The normalized spacial score (nSPS) is 12.3. The third-order valence-corrected chi connectivity index (χ3v) is 4.49. The Morgan fingerprint density at radius 2 is 2.18 bits per heavy atom. The molecule has 1 aromatic carbocycles. The fraction of sp³-hybridized carbons (Fsp3) is 0.133. The molecule has 0 amide bonds. The Bertz CT molecular complexity index is 785. The average Bonchev–Trinajstić information content (AvgIpc) is 2.98. The maximum absolute atomic E-state index is 12.4. The molecule has 112 valence electrons. The van der Waals surface area contributed by atoms with Gasteiger partial charge in [0, 0.05) is 6.20 Å². The van der Waals surface area contributed by atoms with Gasteiger partial charge in [-0.3, -0.25) is 4.98 Å². The minimum Gasteiger partial charge on any atom is -0.611 e. The molecular weight excluding hydrogens is 302 g/mol. The van der Waals surface area contributed by atoms with E-state index in [0.29, 0.717) is 16.3 Å². The number of ether oxygens (including phenoxy) is 1. The summed E-state index contributed by atoms with van der Waals surface area (Å²) < 4.78 is 17.0. The Hall–Kier alpha value is -2.38. The monoisotopic (exact) mass is 315 g/mol. The molecule has 0 saturated heterocycles. The molecule has 0 spiro atoms. The molecule has 1 N–H and O–H groups in total. The number of H-pyrrole nitrogens is 1. The second-order valence-electron chi connectivity index (χ2n) is 4.54. The number of hydrogen-bond acceptors (Lipinski definition) is 5. The van der Waals surface area contributed by atoms with Crippen LogP contribution in [0.3, 0.4) is 0 Å². The van der Waals surface area contributed by atoms with Crippen LogP contribution >= 0.6 is 0 Å². The Morgan fingerprint density at radius 1 is 1.36 bits per heavy atom. The number of carbonyl (C=O) groups excluding carboxylic acids is 1. The van der Waals surface area contributed by atoms with E-state index < -0.39 is 17.1 Å². The summed E-state index contributed by atoms with van der Waals surface area (Å²) in [5, 5.41) is 0. The zero-order valence-corrected chi connectivity index (χ0v) is 12.6. The van der Waals surface area contributed by atoms with Crippen molar-refractivity contribution in [2.75, 3.05) is 12.9 Å². The third-order valence-electron chi connectivity index (χ3n) is 3.15. The molecule has 0 aliphatic rings. The van der Waals surface area contributed by atoms with Gasteiger partial charge in [-0.15, -0.1) is 0 Å². The van der Waals surface area contributed by atoms with Crippen LogP contribution in [0, 0.1) is 0 Å².